The third-order valence-electron chi connectivity index (χ3n) is 4.07. The van der Waals surface area contributed by atoms with Crippen molar-refractivity contribution >= 4 is 10.9 Å². The van der Waals surface area contributed by atoms with Gasteiger partial charge in [-0.05, 0) is 38.4 Å². The summed E-state index contributed by atoms with van der Waals surface area (Å²) < 4.78 is 0. The number of nitrogens with zero attached hydrogens (tertiary/aromatic N) is 2. The largest absolute Gasteiger partial charge is 0.506 e. The van der Waals surface area contributed by atoms with Crippen molar-refractivity contribution in [1.82, 2.24) is 9.88 Å². The van der Waals surface area contributed by atoms with Crippen LogP contribution >= 0.6 is 0 Å². The molecule has 3 rings (SSSR count). The number of likely N-dealkylation sites (tertiary alicyclic amines) is 1. The molecule has 0 spiro atoms. The van der Waals surface area contributed by atoms with E-state index in [1.807, 2.05) is 30.3 Å². The van der Waals surface area contributed by atoms with E-state index in [0.29, 0.717) is 11.8 Å². The molecule has 1 saturated heterocycles. The Hall–Kier alpha value is -1.61. The Balaban J connectivity index is 1.89. The van der Waals surface area contributed by atoms with Crippen molar-refractivity contribution in [2.75, 3.05) is 6.54 Å². The summed E-state index contributed by atoms with van der Waals surface area (Å²) in [5.41, 5.74) is 1.76. The van der Waals surface area contributed by atoms with Gasteiger partial charge in [0.15, 0.2) is 0 Å². The van der Waals surface area contributed by atoms with E-state index >= 15 is 0 Å². The molecule has 0 radical (unpaired) electrons. The minimum absolute atomic E-state index is 0.316. The van der Waals surface area contributed by atoms with E-state index in [1.54, 1.807) is 0 Å². The predicted octanol–water partition coefficient (Wildman–Crippen LogP) is 3.31. The molecule has 0 amide bonds. The highest BCUT2D eigenvalue weighted by Gasteiger charge is 2.20. The minimum Gasteiger partial charge on any atom is -0.506 e. The molecular formula is C16H20N2O. The van der Waals surface area contributed by atoms with Gasteiger partial charge in [0.2, 0.25) is 0 Å². The Bertz CT molecular complexity index is 582. The highest BCUT2D eigenvalue weighted by atomic mass is 16.3. The first-order valence-corrected chi connectivity index (χ1v) is 7.06. The van der Waals surface area contributed by atoms with Gasteiger partial charge in [-0.2, -0.15) is 0 Å². The maximum atomic E-state index is 10.1. The Kier molecular flexibility index (Phi) is 3.38. The van der Waals surface area contributed by atoms with E-state index < -0.39 is 0 Å². The molecule has 1 atom stereocenters. The normalized spacial score (nSPS) is 20.8. The lowest BCUT2D eigenvalue weighted by atomic mass is 10.0. The lowest BCUT2D eigenvalue weighted by Gasteiger charge is -2.33. The summed E-state index contributed by atoms with van der Waals surface area (Å²) in [5, 5.41) is 11.1. The Morgan fingerprint density at radius 3 is 3.00 bits per heavy atom. The smallest absolute Gasteiger partial charge is 0.139 e. The van der Waals surface area contributed by atoms with Crippen LogP contribution in [-0.4, -0.2) is 27.6 Å². The summed E-state index contributed by atoms with van der Waals surface area (Å²) in [6.07, 6.45) is 3.81. The number of piperidine rings is 1. The minimum atomic E-state index is 0.316. The van der Waals surface area contributed by atoms with E-state index in [-0.39, 0.29) is 0 Å². The fourth-order valence-electron chi connectivity index (χ4n) is 2.85. The van der Waals surface area contributed by atoms with Crippen molar-refractivity contribution in [2.24, 2.45) is 0 Å². The van der Waals surface area contributed by atoms with Gasteiger partial charge in [-0.3, -0.25) is 4.90 Å². The molecule has 1 unspecified atom stereocenters. The first-order valence-electron chi connectivity index (χ1n) is 7.06. The fraction of sp³-hybridized carbons (Fsp3) is 0.438. The lowest BCUT2D eigenvalue weighted by Crippen LogP contribution is -2.37. The van der Waals surface area contributed by atoms with Crippen molar-refractivity contribution < 1.29 is 5.11 Å². The molecule has 1 fully saturated rings. The lowest BCUT2D eigenvalue weighted by molar-refractivity contribution is 0.149. The summed E-state index contributed by atoms with van der Waals surface area (Å²) in [6, 6.07) is 10.3. The van der Waals surface area contributed by atoms with Crippen LogP contribution in [0.1, 0.15) is 31.9 Å². The molecule has 3 heteroatoms. The van der Waals surface area contributed by atoms with Gasteiger partial charge in [-0.1, -0.05) is 24.6 Å². The van der Waals surface area contributed by atoms with E-state index in [4.69, 9.17) is 0 Å². The van der Waals surface area contributed by atoms with Gasteiger partial charge in [0, 0.05) is 18.0 Å². The number of hydrogen-bond donors (Lipinski definition) is 1. The van der Waals surface area contributed by atoms with Crippen molar-refractivity contribution in [3.05, 3.63) is 36.0 Å². The summed E-state index contributed by atoms with van der Waals surface area (Å²) in [6.45, 7) is 4.12. The van der Waals surface area contributed by atoms with Gasteiger partial charge in [0.05, 0.1) is 11.2 Å². The Morgan fingerprint density at radius 2 is 2.16 bits per heavy atom. The zero-order valence-electron chi connectivity index (χ0n) is 11.3. The van der Waals surface area contributed by atoms with Gasteiger partial charge in [-0.15, -0.1) is 0 Å². The van der Waals surface area contributed by atoms with Gasteiger partial charge < -0.3 is 5.11 Å². The summed E-state index contributed by atoms with van der Waals surface area (Å²) in [4.78, 5) is 7.03. The van der Waals surface area contributed by atoms with Crippen molar-refractivity contribution in [1.29, 1.82) is 0 Å². The van der Waals surface area contributed by atoms with E-state index in [0.717, 1.165) is 29.7 Å². The van der Waals surface area contributed by atoms with E-state index in [9.17, 15) is 5.11 Å². The van der Waals surface area contributed by atoms with Crippen LogP contribution in [-0.2, 0) is 6.54 Å². The molecule has 2 aromatic rings. The zero-order chi connectivity index (χ0) is 13.2. The topological polar surface area (TPSA) is 36.4 Å². The third-order valence-corrected chi connectivity index (χ3v) is 4.07. The molecule has 0 saturated carbocycles. The number of pyridine rings is 1. The average Bonchev–Trinajstić information content (AvgIpc) is 2.42. The Morgan fingerprint density at radius 1 is 1.32 bits per heavy atom. The monoisotopic (exact) mass is 256 g/mol. The second-order valence-electron chi connectivity index (χ2n) is 5.46. The second kappa shape index (κ2) is 5.17. The van der Waals surface area contributed by atoms with Crippen molar-refractivity contribution in [3.8, 4) is 5.75 Å². The second-order valence-corrected chi connectivity index (χ2v) is 5.46. The van der Waals surface area contributed by atoms with E-state index in [1.165, 1.54) is 19.3 Å². The third kappa shape index (κ3) is 2.56. The van der Waals surface area contributed by atoms with Crippen molar-refractivity contribution in [2.45, 2.75) is 38.8 Å². The fourth-order valence-corrected chi connectivity index (χ4v) is 2.85. The van der Waals surface area contributed by atoms with Crippen LogP contribution in [0.3, 0.4) is 0 Å². The quantitative estimate of drug-likeness (QED) is 0.895. The van der Waals surface area contributed by atoms with Gasteiger partial charge in [-0.25, -0.2) is 4.98 Å². The van der Waals surface area contributed by atoms with Crippen molar-refractivity contribution in [3.63, 3.8) is 0 Å². The van der Waals surface area contributed by atoms with E-state index in [2.05, 4.69) is 16.8 Å². The van der Waals surface area contributed by atoms with Crippen LogP contribution in [0.15, 0.2) is 30.3 Å². The number of aromatic nitrogens is 1. The standard InChI is InChI=1S/C16H20N2O/c1-12-6-4-5-9-18(12)11-15-16(19)10-13-7-2-3-8-14(13)17-15/h2-3,7-8,10,12,19H,4-6,9,11H2,1H3. The first kappa shape index (κ1) is 12.4. The summed E-state index contributed by atoms with van der Waals surface area (Å²) in [5.74, 6) is 0.316. The van der Waals surface area contributed by atoms with Crippen LogP contribution in [0, 0.1) is 0 Å². The highest BCUT2D eigenvalue weighted by molar-refractivity contribution is 5.80. The summed E-state index contributed by atoms with van der Waals surface area (Å²) >= 11 is 0. The van der Waals surface area contributed by atoms with Crippen LogP contribution < -0.4 is 0 Å². The SMILES string of the molecule is CC1CCCCN1Cc1nc2ccccc2cc1O. The van der Waals surface area contributed by atoms with Crippen LogP contribution in [0.4, 0.5) is 0 Å². The molecule has 3 nitrogen and oxygen atoms in total. The number of para-hydroxylation sites is 1. The number of benzene rings is 1. The number of aromatic hydroxyl groups is 1. The number of fused-ring (bicyclic) bond motifs is 1. The number of hydrogen-bond acceptors (Lipinski definition) is 3. The molecule has 1 aromatic heterocycles. The first-order chi connectivity index (χ1) is 9.24. The van der Waals surface area contributed by atoms with Crippen LogP contribution in [0.25, 0.3) is 10.9 Å². The molecule has 0 bridgehead atoms. The van der Waals surface area contributed by atoms with Gasteiger partial charge in [0.1, 0.15) is 5.75 Å². The molecule has 19 heavy (non-hydrogen) atoms. The molecular weight excluding hydrogens is 236 g/mol. The molecule has 1 aliphatic heterocycles. The van der Waals surface area contributed by atoms with Crippen LogP contribution in [0.5, 0.6) is 5.75 Å². The molecule has 2 heterocycles. The summed E-state index contributed by atoms with van der Waals surface area (Å²) in [7, 11) is 0. The Labute approximate surface area is 113 Å². The number of rotatable bonds is 2. The molecule has 1 N–H and O–H groups in total. The molecule has 1 aliphatic rings. The zero-order valence-corrected chi connectivity index (χ0v) is 11.3. The van der Waals surface area contributed by atoms with Crippen LogP contribution in [0.2, 0.25) is 0 Å². The van der Waals surface area contributed by atoms with Gasteiger partial charge >= 0.3 is 0 Å². The maximum absolute atomic E-state index is 10.1. The molecule has 1 aromatic carbocycles. The van der Waals surface area contributed by atoms with Gasteiger partial charge in [0.25, 0.3) is 0 Å². The highest BCUT2D eigenvalue weighted by Crippen LogP contribution is 2.25. The molecule has 100 valence electrons. The predicted molar refractivity (Wildman–Crippen MR) is 77.1 cm³/mol. The molecule has 0 aliphatic carbocycles. The maximum Gasteiger partial charge on any atom is 0.139 e. The average molecular weight is 256 g/mol.